The molecule has 36 heavy (non-hydrogen) atoms. The Hall–Kier alpha value is -3.85. The van der Waals surface area contributed by atoms with Gasteiger partial charge in [-0.2, -0.15) is 0 Å². The first-order valence-electron chi connectivity index (χ1n) is 11.6. The normalized spacial score (nSPS) is 12.0. The molecule has 2 heterocycles. The number of carbonyl (C=O) groups excluding carboxylic acids is 2. The Morgan fingerprint density at radius 1 is 1.14 bits per heavy atom. The number of rotatable bonds is 9. The Labute approximate surface area is 213 Å². The van der Waals surface area contributed by atoms with Gasteiger partial charge in [0.15, 0.2) is 0 Å². The molecule has 4 rings (SSSR count). The second kappa shape index (κ2) is 11.3. The summed E-state index contributed by atoms with van der Waals surface area (Å²) in [5, 5.41) is 11.0. The van der Waals surface area contributed by atoms with Crippen molar-refractivity contribution in [1.82, 2.24) is 25.3 Å². The summed E-state index contributed by atoms with van der Waals surface area (Å²) in [5.41, 5.74) is 2.07. The molecule has 0 saturated carbocycles. The van der Waals surface area contributed by atoms with E-state index < -0.39 is 17.8 Å². The molecular weight excluding hydrogens is 483 g/mol. The van der Waals surface area contributed by atoms with E-state index >= 15 is 0 Å². The van der Waals surface area contributed by atoms with Crippen molar-refractivity contribution < 1.29 is 14.0 Å². The largest absolute Gasteiger partial charge is 0.354 e. The van der Waals surface area contributed by atoms with Crippen molar-refractivity contribution in [2.45, 2.75) is 32.9 Å². The number of benzene rings is 2. The van der Waals surface area contributed by atoms with Crippen LogP contribution in [-0.2, 0) is 16.1 Å². The van der Waals surface area contributed by atoms with Gasteiger partial charge in [-0.05, 0) is 48.7 Å². The van der Waals surface area contributed by atoms with Gasteiger partial charge in [0.2, 0.25) is 11.8 Å². The Balaban J connectivity index is 1.77. The molecule has 1 atom stereocenters. The van der Waals surface area contributed by atoms with E-state index in [-0.39, 0.29) is 23.2 Å². The Morgan fingerprint density at radius 3 is 2.67 bits per heavy atom. The average Bonchev–Trinajstić information content (AvgIpc) is 3.27. The molecule has 186 valence electrons. The highest BCUT2D eigenvalue weighted by Crippen LogP contribution is 2.31. The number of fused-ring (bicyclic) bond motifs is 1. The van der Waals surface area contributed by atoms with E-state index in [0.29, 0.717) is 29.1 Å². The predicted octanol–water partition coefficient (Wildman–Crippen LogP) is 4.56. The zero-order valence-corrected chi connectivity index (χ0v) is 20.7. The minimum Gasteiger partial charge on any atom is -0.354 e. The minimum atomic E-state index is -1.07. The Kier molecular flexibility index (Phi) is 7.90. The lowest BCUT2D eigenvalue weighted by atomic mass is 10.0. The third kappa shape index (κ3) is 5.68. The van der Waals surface area contributed by atoms with Crippen molar-refractivity contribution in [2.24, 2.45) is 5.92 Å². The van der Waals surface area contributed by atoms with Crippen LogP contribution in [0.5, 0.6) is 0 Å². The molecule has 2 aromatic heterocycles. The number of hydrogen-bond donors (Lipinski definition) is 1. The van der Waals surface area contributed by atoms with Gasteiger partial charge >= 0.3 is 0 Å². The molecule has 0 radical (unpaired) electrons. The topological polar surface area (TPSA) is 93.0 Å². The summed E-state index contributed by atoms with van der Waals surface area (Å²) >= 11 is 6.08. The third-order valence-electron chi connectivity index (χ3n) is 5.68. The van der Waals surface area contributed by atoms with Gasteiger partial charge in [-0.25, -0.2) is 9.07 Å². The lowest BCUT2D eigenvalue weighted by Crippen LogP contribution is -2.45. The molecule has 0 unspecified atom stereocenters. The molecule has 0 aliphatic rings. The van der Waals surface area contributed by atoms with E-state index in [1.165, 1.54) is 34.0 Å². The van der Waals surface area contributed by atoms with Crippen LogP contribution in [0.15, 0.2) is 67.0 Å². The predicted molar refractivity (Wildman–Crippen MR) is 136 cm³/mol. The smallest absolute Gasteiger partial charge is 0.249 e. The first-order valence-corrected chi connectivity index (χ1v) is 12.0. The Bertz CT molecular complexity index is 1360. The maximum atomic E-state index is 14.0. The molecule has 0 aliphatic heterocycles. The number of hydrogen-bond acceptors (Lipinski definition) is 5. The van der Waals surface area contributed by atoms with Gasteiger partial charge < -0.3 is 5.32 Å². The number of nitrogens with one attached hydrogen (secondary N) is 1. The zero-order valence-electron chi connectivity index (χ0n) is 19.9. The van der Waals surface area contributed by atoms with Crippen LogP contribution in [0.1, 0.15) is 31.9 Å². The van der Waals surface area contributed by atoms with E-state index in [0.717, 1.165) is 6.42 Å². The summed E-state index contributed by atoms with van der Waals surface area (Å²) in [7, 11) is 0. The van der Waals surface area contributed by atoms with E-state index in [1.807, 2.05) is 12.1 Å². The molecule has 10 heteroatoms. The first-order chi connectivity index (χ1) is 17.3. The Morgan fingerprint density at radius 2 is 1.94 bits per heavy atom. The van der Waals surface area contributed by atoms with Crippen molar-refractivity contribution in [3.8, 4) is 0 Å². The first kappa shape index (κ1) is 25.2. The van der Waals surface area contributed by atoms with Gasteiger partial charge in [-0.3, -0.25) is 19.5 Å². The van der Waals surface area contributed by atoms with Crippen molar-refractivity contribution in [3.63, 3.8) is 0 Å². The number of aromatic nitrogens is 4. The summed E-state index contributed by atoms with van der Waals surface area (Å²) in [6.45, 7) is 4.35. The third-order valence-corrected chi connectivity index (χ3v) is 5.97. The van der Waals surface area contributed by atoms with Gasteiger partial charge in [0.05, 0.1) is 10.5 Å². The molecule has 2 amide bonds. The number of para-hydroxylation sites is 1. The van der Waals surface area contributed by atoms with Gasteiger partial charge in [-0.1, -0.05) is 48.9 Å². The average molecular weight is 509 g/mol. The fraction of sp³-hybridized carbons (Fsp3) is 0.269. The standard InChI is InChI=1S/C26H26ClFN6O2/c1-17(2)11-13-30-26(36)25(18-6-5-12-29-15-18)34(19-9-10-21(28)20(27)14-19)24(35)16-33-23-8-4-3-7-22(23)31-32-33/h3-10,12,14-15,17,25H,11,13,16H2,1-2H3,(H,30,36)/t25-/m1/s1. The molecule has 0 saturated heterocycles. The quantitative estimate of drug-likeness (QED) is 0.358. The number of anilines is 1. The highest BCUT2D eigenvalue weighted by atomic mass is 35.5. The van der Waals surface area contributed by atoms with Crippen LogP contribution < -0.4 is 10.2 Å². The molecule has 1 N–H and O–H groups in total. The molecule has 0 fully saturated rings. The zero-order chi connectivity index (χ0) is 25.7. The minimum absolute atomic E-state index is 0.165. The van der Waals surface area contributed by atoms with Crippen LogP contribution in [0.2, 0.25) is 5.02 Å². The van der Waals surface area contributed by atoms with Crippen molar-refractivity contribution in [3.05, 3.63) is 83.4 Å². The SMILES string of the molecule is CC(C)CCNC(=O)[C@@H](c1cccnc1)N(C(=O)Cn1nnc2ccccc21)c1ccc(F)c(Cl)c1. The summed E-state index contributed by atoms with van der Waals surface area (Å²) in [6.07, 6.45) is 3.88. The highest BCUT2D eigenvalue weighted by Gasteiger charge is 2.33. The lowest BCUT2D eigenvalue weighted by Gasteiger charge is -2.31. The molecule has 2 aromatic carbocycles. The van der Waals surface area contributed by atoms with Gasteiger partial charge in [0.1, 0.15) is 23.9 Å². The second-order valence-corrected chi connectivity index (χ2v) is 9.17. The van der Waals surface area contributed by atoms with Crippen LogP contribution in [0.3, 0.4) is 0 Å². The van der Waals surface area contributed by atoms with E-state index in [9.17, 15) is 14.0 Å². The maximum absolute atomic E-state index is 14.0. The number of halogens is 2. The van der Waals surface area contributed by atoms with Crippen LogP contribution in [0, 0.1) is 11.7 Å². The van der Waals surface area contributed by atoms with Crippen molar-refractivity contribution >= 4 is 40.1 Å². The number of carbonyl (C=O) groups is 2. The monoisotopic (exact) mass is 508 g/mol. The number of amides is 2. The summed E-state index contributed by atoms with van der Waals surface area (Å²) in [4.78, 5) is 32.8. The van der Waals surface area contributed by atoms with Crippen LogP contribution >= 0.6 is 11.6 Å². The van der Waals surface area contributed by atoms with E-state index in [2.05, 4.69) is 34.5 Å². The van der Waals surface area contributed by atoms with Gasteiger partial charge in [0.25, 0.3) is 0 Å². The van der Waals surface area contributed by atoms with Crippen LogP contribution in [0.25, 0.3) is 11.0 Å². The van der Waals surface area contributed by atoms with Gasteiger partial charge in [-0.15, -0.1) is 5.10 Å². The number of nitrogens with zero attached hydrogens (tertiary/aromatic N) is 5. The molecule has 0 aliphatic carbocycles. The van der Waals surface area contributed by atoms with E-state index in [4.69, 9.17) is 11.6 Å². The lowest BCUT2D eigenvalue weighted by molar-refractivity contribution is -0.127. The van der Waals surface area contributed by atoms with Crippen LogP contribution in [0.4, 0.5) is 10.1 Å². The highest BCUT2D eigenvalue weighted by molar-refractivity contribution is 6.31. The fourth-order valence-corrected chi connectivity index (χ4v) is 4.02. The van der Waals surface area contributed by atoms with Crippen molar-refractivity contribution in [2.75, 3.05) is 11.4 Å². The van der Waals surface area contributed by atoms with Crippen molar-refractivity contribution in [1.29, 1.82) is 0 Å². The molecule has 0 bridgehead atoms. The van der Waals surface area contributed by atoms with Crippen LogP contribution in [-0.4, -0.2) is 38.3 Å². The maximum Gasteiger partial charge on any atom is 0.249 e. The number of pyridine rings is 1. The van der Waals surface area contributed by atoms with Gasteiger partial charge in [0, 0.05) is 30.2 Å². The molecule has 4 aromatic rings. The summed E-state index contributed by atoms with van der Waals surface area (Å²) < 4.78 is 15.5. The fourth-order valence-electron chi connectivity index (χ4n) is 3.85. The molecule has 8 nitrogen and oxygen atoms in total. The molecule has 0 spiro atoms. The summed E-state index contributed by atoms with van der Waals surface area (Å²) in [6, 6.07) is 13.5. The molecular formula is C26H26ClFN6O2. The summed E-state index contributed by atoms with van der Waals surface area (Å²) in [5.74, 6) is -1.09. The second-order valence-electron chi connectivity index (χ2n) is 8.76. The van der Waals surface area contributed by atoms with E-state index in [1.54, 1.807) is 30.5 Å².